The average molecular weight is 422 g/mol. The summed E-state index contributed by atoms with van der Waals surface area (Å²) in [4.78, 5) is 4.01. The van der Waals surface area contributed by atoms with Gasteiger partial charge in [0, 0.05) is 17.3 Å². The quantitative estimate of drug-likeness (QED) is 0.581. The maximum absolute atomic E-state index is 15.0. The van der Waals surface area contributed by atoms with Crippen LogP contribution in [0, 0.1) is 17.6 Å². The third-order valence-corrected chi connectivity index (χ3v) is 6.00. The van der Waals surface area contributed by atoms with Crippen LogP contribution in [0.4, 0.5) is 8.78 Å². The average Bonchev–Trinajstić information content (AvgIpc) is 3.13. The zero-order chi connectivity index (χ0) is 21.2. The summed E-state index contributed by atoms with van der Waals surface area (Å²) in [5, 5.41) is 7.72. The summed E-state index contributed by atoms with van der Waals surface area (Å²) in [6, 6.07) is 3.81. The number of halogens is 2. The number of methoxy groups -OCH3 is 1. The third-order valence-electron chi connectivity index (χ3n) is 4.08. The Bertz CT molecular complexity index is 1130. The summed E-state index contributed by atoms with van der Waals surface area (Å²) in [7, 11) is -2.06. The summed E-state index contributed by atoms with van der Waals surface area (Å²) in [5.41, 5.74) is 0.263. The second kappa shape index (κ2) is 8.24. The SMILES string of the molecule is COc1cncc(-c2cn(-c3c(F)ccc(CS(=O)(=O)CC(C)C)c3F)nn2)c1. The minimum absolute atomic E-state index is 0.0878. The first-order valence-electron chi connectivity index (χ1n) is 8.79. The van der Waals surface area contributed by atoms with Crippen LogP contribution in [0.25, 0.3) is 16.9 Å². The lowest BCUT2D eigenvalue weighted by Crippen LogP contribution is -2.15. The normalized spacial score (nSPS) is 11.8. The Morgan fingerprint density at radius 1 is 1.21 bits per heavy atom. The molecule has 0 fully saturated rings. The van der Waals surface area contributed by atoms with Gasteiger partial charge in [-0.1, -0.05) is 25.1 Å². The number of aromatic nitrogens is 4. The van der Waals surface area contributed by atoms with E-state index < -0.39 is 32.9 Å². The summed E-state index contributed by atoms with van der Waals surface area (Å²) >= 11 is 0. The minimum Gasteiger partial charge on any atom is -0.495 e. The standard InChI is InChI=1S/C19H20F2N4O3S/c1-12(2)10-29(26,27)11-13-4-5-16(20)19(18(13)21)25-9-17(23-24-25)14-6-15(28-3)8-22-7-14/h4-9,12H,10-11H2,1-3H3. The lowest BCUT2D eigenvalue weighted by molar-refractivity contribution is 0.413. The van der Waals surface area contributed by atoms with Gasteiger partial charge in [-0.05, 0) is 18.1 Å². The Kier molecular flexibility index (Phi) is 5.92. The molecule has 0 radical (unpaired) electrons. The minimum atomic E-state index is -3.54. The van der Waals surface area contributed by atoms with Crippen molar-refractivity contribution in [2.24, 2.45) is 5.92 Å². The predicted molar refractivity (Wildman–Crippen MR) is 103 cm³/mol. The first kappa shape index (κ1) is 20.8. The van der Waals surface area contributed by atoms with Crippen LogP contribution < -0.4 is 4.74 Å². The first-order chi connectivity index (χ1) is 13.7. The fourth-order valence-electron chi connectivity index (χ4n) is 2.88. The highest BCUT2D eigenvalue weighted by Crippen LogP contribution is 2.25. The fourth-order valence-corrected chi connectivity index (χ4v) is 4.71. The highest BCUT2D eigenvalue weighted by atomic mass is 32.2. The lowest BCUT2D eigenvalue weighted by atomic mass is 10.2. The topological polar surface area (TPSA) is 87.0 Å². The van der Waals surface area contributed by atoms with Crippen LogP contribution in [0.5, 0.6) is 5.75 Å². The van der Waals surface area contributed by atoms with E-state index in [1.54, 1.807) is 19.9 Å². The molecule has 2 aromatic heterocycles. The van der Waals surface area contributed by atoms with Crippen LogP contribution in [0.2, 0.25) is 0 Å². The van der Waals surface area contributed by atoms with Crippen LogP contribution in [0.15, 0.2) is 36.8 Å². The fraction of sp³-hybridized carbons (Fsp3) is 0.316. The molecule has 1 aromatic carbocycles. The molecule has 0 saturated carbocycles. The number of sulfone groups is 1. The van der Waals surface area contributed by atoms with E-state index in [0.717, 1.165) is 16.8 Å². The maximum atomic E-state index is 15.0. The zero-order valence-electron chi connectivity index (χ0n) is 16.1. The lowest BCUT2D eigenvalue weighted by Gasteiger charge is -2.11. The summed E-state index contributed by atoms with van der Waals surface area (Å²) in [6.45, 7) is 3.52. The smallest absolute Gasteiger partial charge is 0.156 e. The van der Waals surface area contributed by atoms with Crippen molar-refractivity contribution < 1.29 is 21.9 Å². The van der Waals surface area contributed by atoms with Gasteiger partial charge < -0.3 is 4.74 Å². The van der Waals surface area contributed by atoms with E-state index in [9.17, 15) is 17.2 Å². The van der Waals surface area contributed by atoms with Crippen molar-refractivity contribution in [1.82, 2.24) is 20.0 Å². The first-order valence-corrected chi connectivity index (χ1v) is 10.6. The monoisotopic (exact) mass is 422 g/mol. The number of rotatable bonds is 7. The molecular weight excluding hydrogens is 402 g/mol. The molecule has 7 nitrogen and oxygen atoms in total. The Hall–Kier alpha value is -2.88. The van der Waals surface area contributed by atoms with Gasteiger partial charge in [0.2, 0.25) is 0 Å². The molecule has 3 aromatic rings. The summed E-state index contributed by atoms with van der Waals surface area (Å²) in [5.74, 6) is -2.09. The molecule has 0 N–H and O–H groups in total. The number of nitrogens with zero attached hydrogens (tertiary/aromatic N) is 4. The molecule has 2 heterocycles. The van der Waals surface area contributed by atoms with Gasteiger partial charge in [-0.15, -0.1) is 5.10 Å². The van der Waals surface area contributed by atoms with Gasteiger partial charge in [-0.3, -0.25) is 4.98 Å². The van der Waals surface area contributed by atoms with Crippen LogP contribution in [-0.2, 0) is 15.6 Å². The van der Waals surface area contributed by atoms with Gasteiger partial charge >= 0.3 is 0 Å². The Labute approximate surface area is 167 Å². The molecular formula is C19H20F2N4O3S. The molecule has 0 amide bonds. The van der Waals surface area contributed by atoms with Gasteiger partial charge in [0.1, 0.15) is 17.1 Å². The van der Waals surface area contributed by atoms with E-state index in [-0.39, 0.29) is 17.2 Å². The molecule has 0 saturated heterocycles. The number of hydrogen-bond donors (Lipinski definition) is 0. The number of benzene rings is 1. The van der Waals surface area contributed by atoms with Gasteiger partial charge in [-0.2, -0.15) is 0 Å². The summed E-state index contributed by atoms with van der Waals surface area (Å²) < 4.78 is 59.9. The molecule has 0 unspecified atom stereocenters. The Morgan fingerprint density at radius 2 is 1.97 bits per heavy atom. The highest BCUT2D eigenvalue weighted by Gasteiger charge is 2.22. The van der Waals surface area contributed by atoms with Gasteiger partial charge in [-0.25, -0.2) is 21.9 Å². The van der Waals surface area contributed by atoms with Crippen molar-refractivity contribution >= 4 is 9.84 Å². The summed E-state index contributed by atoms with van der Waals surface area (Å²) in [6.07, 6.45) is 4.36. The van der Waals surface area contributed by atoms with E-state index in [1.165, 1.54) is 25.7 Å². The number of pyridine rings is 1. The molecule has 10 heteroatoms. The molecule has 29 heavy (non-hydrogen) atoms. The van der Waals surface area contributed by atoms with Gasteiger partial charge in [0.15, 0.2) is 21.5 Å². The van der Waals surface area contributed by atoms with E-state index in [1.807, 2.05) is 0 Å². The Balaban J connectivity index is 1.98. The van der Waals surface area contributed by atoms with Crippen LogP contribution >= 0.6 is 0 Å². The Morgan fingerprint density at radius 3 is 2.66 bits per heavy atom. The molecule has 3 rings (SSSR count). The molecule has 0 aliphatic carbocycles. The highest BCUT2D eigenvalue weighted by molar-refractivity contribution is 7.90. The van der Waals surface area contributed by atoms with E-state index in [2.05, 4.69) is 15.3 Å². The van der Waals surface area contributed by atoms with Crippen LogP contribution in [0.1, 0.15) is 19.4 Å². The van der Waals surface area contributed by atoms with Crippen molar-refractivity contribution in [3.8, 4) is 22.7 Å². The molecule has 0 bridgehead atoms. The maximum Gasteiger partial charge on any atom is 0.156 e. The van der Waals surface area contributed by atoms with Crippen molar-refractivity contribution in [2.75, 3.05) is 12.9 Å². The molecule has 154 valence electrons. The second-order valence-electron chi connectivity index (χ2n) is 6.98. The van der Waals surface area contributed by atoms with Crippen LogP contribution in [-0.4, -0.2) is 41.3 Å². The van der Waals surface area contributed by atoms with E-state index in [0.29, 0.717) is 17.0 Å². The second-order valence-corrected chi connectivity index (χ2v) is 9.09. The van der Waals surface area contributed by atoms with E-state index in [4.69, 9.17) is 4.74 Å². The molecule has 0 aliphatic rings. The van der Waals surface area contributed by atoms with Crippen LogP contribution in [0.3, 0.4) is 0 Å². The van der Waals surface area contributed by atoms with E-state index >= 15 is 0 Å². The molecule has 0 spiro atoms. The number of hydrogen-bond acceptors (Lipinski definition) is 6. The molecule has 0 aliphatic heterocycles. The number of ether oxygens (including phenoxy) is 1. The largest absolute Gasteiger partial charge is 0.495 e. The van der Waals surface area contributed by atoms with Gasteiger partial charge in [0.25, 0.3) is 0 Å². The third kappa shape index (κ3) is 4.76. The molecule has 0 atom stereocenters. The van der Waals surface area contributed by atoms with Crippen molar-refractivity contribution in [3.63, 3.8) is 0 Å². The van der Waals surface area contributed by atoms with Crippen molar-refractivity contribution in [2.45, 2.75) is 19.6 Å². The van der Waals surface area contributed by atoms with Crippen molar-refractivity contribution in [1.29, 1.82) is 0 Å². The zero-order valence-corrected chi connectivity index (χ0v) is 16.9. The van der Waals surface area contributed by atoms with Gasteiger partial charge in [0.05, 0.1) is 31.0 Å². The van der Waals surface area contributed by atoms with Crippen molar-refractivity contribution in [3.05, 3.63) is 54.0 Å². The predicted octanol–water partition coefficient (Wildman–Crippen LogP) is 3.19.